The van der Waals surface area contributed by atoms with Gasteiger partial charge in [0, 0.05) is 5.56 Å². The first-order valence-corrected chi connectivity index (χ1v) is 3.77. The average molecular weight is 160 g/mol. The molecule has 0 saturated carbocycles. The van der Waals surface area contributed by atoms with Gasteiger partial charge in [0.25, 0.3) is 0 Å². The summed E-state index contributed by atoms with van der Waals surface area (Å²) in [7, 11) is 0. The van der Waals surface area contributed by atoms with Crippen molar-refractivity contribution in [2.75, 3.05) is 0 Å². The molecule has 0 aliphatic rings. The molecule has 0 aromatic heterocycles. The van der Waals surface area contributed by atoms with Crippen molar-refractivity contribution < 1.29 is 5.11 Å². The Balaban J connectivity index is 3.43. The number of aromatic hydroxyl groups is 1. The molecule has 0 heterocycles. The topological polar surface area (TPSA) is 20.2 Å². The lowest BCUT2D eigenvalue weighted by Crippen LogP contribution is -1.83. The van der Waals surface area contributed by atoms with Crippen LogP contribution < -0.4 is 0 Å². The van der Waals surface area contributed by atoms with E-state index in [9.17, 15) is 5.11 Å². The van der Waals surface area contributed by atoms with Crippen LogP contribution in [0, 0.1) is 6.92 Å². The lowest BCUT2D eigenvalue weighted by atomic mass is 10.0. The molecular weight excluding hydrogens is 148 g/mol. The molecule has 0 amide bonds. The minimum atomic E-state index is 0.264. The molecule has 1 rings (SSSR count). The number of hydrogen-bond donors (Lipinski definition) is 1. The Morgan fingerprint density at radius 2 is 1.92 bits per heavy atom. The van der Waals surface area contributed by atoms with Gasteiger partial charge < -0.3 is 5.11 Å². The van der Waals surface area contributed by atoms with Crippen LogP contribution in [0.5, 0.6) is 5.75 Å². The second-order valence-electron chi connectivity index (χ2n) is 2.70. The van der Waals surface area contributed by atoms with Gasteiger partial charge >= 0.3 is 0 Å². The molecule has 1 N–H and O–H groups in total. The number of hydrogen-bond acceptors (Lipinski definition) is 1. The quantitative estimate of drug-likeness (QED) is 0.705. The summed E-state index contributed by atoms with van der Waals surface area (Å²) in [5.41, 5.74) is 2.69. The van der Waals surface area contributed by atoms with Crippen molar-refractivity contribution in [2.45, 2.75) is 6.92 Å². The van der Waals surface area contributed by atoms with Gasteiger partial charge in [0.2, 0.25) is 0 Å². The Morgan fingerprint density at radius 3 is 2.42 bits per heavy atom. The van der Waals surface area contributed by atoms with Crippen molar-refractivity contribution in [1.29, 1.82) is 0 Å². The van der Waals surface area contributed by atoms with E-state index in [-0.39, 0.29) is 5.75 Å². The van der Waals surface area contributed by atoms with Gasteiger partial charge in [0.1, 0.15) is 5.75 Å². The third kappa shape index (κ3) is 1.40. The Bertz CT molecular complexity index is 324. The van der Waals surface area contributed by atoms with Crippen LogP contribution in [0.3, 0.4) is 0 Å². The number of phenols is 1. The molecule has 1 aromatic rings. The minimum absolute atomic E-state index is 0.264. The average Bonchev–Trinajstić information content (AvgIpc) is 2.03. The summed E-state index contributed by atoms with van der Waals surface area (Å²) in [6.45, 7) is 9.22. The molecule has 62 valence electrons. The van der Waals surface area contributed by atoms with Crippen molar-refractivity contribution in [1.82, 2.24) is 0 Å². The number of rotatable bonds is 2. The maximum Gasteiger partial charge on any atom is 0.123 e. The molecule has 1 nitrogen and oxygen atoms in total. The van der Waals surface area contributed by atoms with Gasteiger partial charge in [-0.25, -0.2) is 0 Å². The van der Waals surface area contributed by atoms with Crippen molar-refractivity contribution in [2.24, 2.45) is 0 Å². The van der Waals surface area contributed by atoms with E-state index >= 15 is 0 Å². The van der Waals surface area contributed by atoms with E-state index in [1.54, 1.807) is 18.2 Å². The van der Waals surface area contributed by atoms with Crippen LogP contribution in [0.1, 0.15) is 16.7 Å². The highest BCUT2D eigenvalue weighted by atomic mass is 16.3. The van der Waals surface area contributed by atoms with Gasteiger partial charge in [-0.3, -0.25) is 0 Å². The maximum absolute atomic E-state index is 9.48. The van der Waals surface area contributed by atoms with Crippen LogP contribution in [-0.4, -0.2) is 5.11 Å². The third-order valence-corrected chi connectivity index (χ3v) is 1.76. The second-order valence-corrected chi connectivity index (χ2v) is 2.70. The summed E-state index contributed by atoms with van der Waals surface area (Å²) in [6, 6.07) is 3.67. The van der Waals surface area contributed by atoms with E-state index in [1.807, 2.05) is 13.0 Å². The Hall–Kier alpha value is -1.50. The van der Waals surface area contributed by atoms with Crippen LogP contribution in [-0.2, 0) is 0 Å². The fraction of sp³-hybridized carbons (Fsp3) is 0.0909. The molecule has 1 aromatic carbocycles. The summed E-state index contributed by atoms with van der Waals surface area (Å²) >= 11 is 0. The van der Waals surface area contributed by atoms with Gasteiger partial charge in [-0.1, -0.05) is 31.4 Å². The lowest BCUT2D eigenvalue weighted by Gasteiger charge is -2.05. The smallest absolute Gasteiger partial charge is 0.123 e. The molecule has 0 aliphatic heterocycles. The summed E-state index contributed by atoms with van der Waals surface area (Å²) in [5.74, 6) is 0.264. The molecular formula is C11H12O. The summed E-state index contributed by atoms with van der Waals surface area (Å²) in [5, 5.41) is 9.48. The van der Waals surface area contributed by atoms with Gasteiger partial charge in [-0.2, -0.15) is 0 Å². The van der Waals surface area contributed by atoms with Gasteiger partial charge in [0.05, 0.1) is 0 Å². The van der Waals surface area contributed by atoms with Crippen molar-refractivity contribution in [3.8, 4) is 5.75 Å². The highest BCUT2D eigenvalue weighted by Crippen LogP contribution is 2.24. The molecule has 0 aliphatic carbocycles. The van der Waals surface area contributed by atoms with E-state index < -0.39 is 0 Å². The van der Waals surface area contributed by atoms with Gasteiger partial charge in [0.15, 0.2) is 0 Å². The summed E-state index contributed by atoms with van der Waals surface area (Å²) < 4.78 is 0. The Labute approximate surface area is 72.7 Å². The van der Waals surface area contributed by atoms with Crippen molar-refractivity contribution in [3.63, 3.8) is 0 Å². The number of aryl methyl sites for hydroxylation is 1. The molecule has 0 radical (unpaired) electrons. The predicted octanol–water partition coefficient (Wildman–Crippen LogP) is 2.99. The second kappa shape index (κ2) is 3.26. The molecule has 0 unspecified atom stereocenters. The largest absolute Gasteiger partial charge is 0.507 e. The first-order valence-electron chi connectivity index (χ1n) is 3.77. The first-order chi connectivity index (χ1) is 5.69. The summed E-state index contributed by atoms with van der Waals surface area (Å²) in [4.78, 5) is 0. The molecule has 12 heavy (non-hydrogen) atoms. The van der Waals surface area contributed by atoms with Crippen molar-refractivity contribution >= 4 is 12.2 Å². The van der Waals surface area contributed by atoms with Crippen LogP contribution >= 0.6 is 0 Å². The monoisotopic (exact) mass is 160 g/mol. The van der Waals surface area contributed by atoms with Crippen LogP contribution in [0.2, 0.25) is 0 Å². The molecule has 0 saturated heterocycles. The zero-order chi connectivity index (χ0) is 9.14. The Kier molecular flexibility index (Phi) is 2.34. The van der Waals surface area contributed by atoms with E-state index in [2.05, 4.69) is 13.2 Å². The normalized spacial score (nSPS) is 9.42. The predicted molar refractivity (Wildman–Crippen MR) is 53.0 cm³/mol. The third-order valence-electron chi connectivity index (χ3n) is 1.76. The number of phenolic OH excluding ortho intramolecular Hbond substituents is 1. The van der Waals surface area contributed by atoms with Crippen LogP contribution in [0.4, 0.5) is 0 Å². The van der Waals surface area contributed by atoms with Crippen LogP contribution in [0.25, 0.3) is 12.2 Å². The fourth-order valence-electron chi connectivity index (χ4n) is 1.20. The van der Waals surface area contributed by atoms with Gasteiger partial charge in [-0.05, 0) is 24.1 Å². The van der Waals surface area contributed by atoms with E-state index in [0.717, 1.165) is 16.7 Å². The van der Waals surface area contributed by atoms with E-state index in [1.165, 1.54) is 0 Å². The van der Waals surface area contributed by atoms with E-state index in [4.69, 9.17) is 0 Å². The molecule has 0 spiro atoms. The molecule has 0 atom stereocenters. The lowest BCUT2D eigenvalue weighted by molar-refractivity contribution is 0.473. The molecule has 1 heteroatoms. The first kappa shape index (κ1) is 8.60. The fourth-order valence-corrected chi connectivity index (χ4v) is 1.20. The van der Waals surface area contributed by atoms with Crippen LogP contribution in [0.15, 0.2) is 25.3 Å². The molecule has 0 bridgehead atoms. The SMILES string of the molecule is C=Cc1cc(C)cc(O)c1C=C. The highest BCUT2D eigenvalue weighted by Gasteiger charge is 2.02. The van der Waals surface area contributed by atoms with E-state index in [0.29, 0.717) is 0 Å². The zero-order valence-electron chi connectivity index (χ0n) is 7.17. The molecule has 0 fully saturated rings. The minimum Gasteiger partial charge on any atom is -0.507 e. The standard InChI is InChI=1S/C11H12O/c1-4-9-6-8(3)7-11(12)10(9)5-2/h4-7,12H,1-2H2,3H3. The highest BCUT2D eigenvalue weighted by molar-refractivity contribution is 5.69. The summed E-state index contributed by atoms with van der Waals surface area (Å²) in [6.07, 6.45) is 3.34. The Morgan fingerprint density at radius 1 is 1.25 bits per heavy atom. The van der Waals surface area contributed by atoms with Gasteiger partial charge in [-0.15, -0.1) is 0 Å². The van der Waals surface area contributed by atoms with Crippen molar-refractivity contribution in [3.05, 3.63) is 42.0 Å². The zero-order valence-corrected chi connectivity index (χ0v) is 7.17. The maximum atomic E-state index is 9.48. The number of benzene rings is 1.